The first-order chi connectivity index (χ1) is 13.6. The number of nitrogens with one attached hydrogen (secondary N) is 1. The molecular formula is C25H23NO2. The summed E-state index contributed by atoms with van der Waals surface area (Å²) < 4.78 is 0. The van der Waals surface area contributed by atoms with Gasteiger partial charge in [-0.15, -0.1) is 0 Å². The fraction of sp³-hybridized carbons (Fsp3) is 0.200. The van der Waals surface area contributed by atoms with Crippen LogP contribution in [0.5, 0.6) is 0 Å². The summed E-state index contributed by atoms with van der Waals surface area (Å²) in [5.74, 6) is -0.258. The molecule has 140 valence electrons. The molecule has 0 saturated carbocycles. The molecule has 1 aliphatic rings. The maximum Gasteiger partial charge on any atom is 0.255 e. The van der Waals surface area contributed by atoms with Crippen LogP contribution in [0.25, 0.3) is 0 Å². The fourth-order valence-electron chi connectivity index (χ4n) is 3.72. The van der Waals surface area contributed by atoms with Crippen LogP contribution in [-0.2, 0) is 12.8 Å². The topological polar surface area (TPSA) is 46.2 Å². The van der Waals surface area contributed by atoms with Gasteiger partial charge in [-0.1, -0.05) is 48.0 Å². The van der Waals surface area contributed by atoms with Crippen molar-refractivity contribution in [2.24, 2.45) is 0 Å². The van der Waals surface area contributed by atoms with E-state index in [-0.39, 0.29) is 11.7 Å². The van der Waals surface area contributed by atoms with E-state index in [1.807, 2.05) is 61.5 Å². The molecule has 0 fully saturated rings. The first-order valence-electron chi connectivity index (χ1n) is 9.75. The van der Waals surface area contributed by atoms with Gasteiger partial charge in [0, 0.05) is 16.7 Å². The number of carbonyl (C=O) groups excluding carboxylic acids is 2. The lowest BCUT2D eigenvalue weighted by atomic mass is 9.87. The smallest absolute Gasteiger partial charge is 0.255 e. The summed E-state index contributed by atoms with van der Waals surface area (Å²) in [4.78, 5) is 25.9. The number of amides is 1. The van der Waals surface area contributed by atoms with Crippen molar-refractivity contribution in [2.75, 3.05) is 5.32 Å². The third-order valence-electron chi connectivity index (χ3n) is 5.32. The quantitative estimate of drug-likeness (QED) is 0.630. The van der Waals surface area contributed by atoms with Crippen molar-refractivity contribution >= 4 is 17.4 Å². The minimum atomic E-state index is -0.200. The number of hydrogen-bond donors (Lipinski definition) is 1. The van der Waals surface area contributed by atoms with Crippen LogP contribution in [0.15, 0.2) is 66.7 Å². The van der Waals surface area contributed by atoms with Crippen LogP contribution in [0.4, 0.5) is 5.69 Å². The maximum absolute atomic E-state index is 13.2. The second-order valence-corrected chi connectivity index (χ2v) is 7.39. The van der Waals surface area contributed by atoms with E-state index in [0.717, 1.165) is 31.2 Å². The Labute approximate surface area is 165 Å². The van der Waals surface area contributed by atoms with E-state index in [1.54, 1.807) is 12.1 Å². The Hall–Kier alpha value is -3.20. The van der Waals surface area contributed by atoms with Crippen molar-refractivity contribution in [1.82, 2.24) is 0 Å². The molecule has 0 saturated heterocycles. The largest absolute Gasteiger partial charge is 0.321 e. The molecular weight excluding hydrogens is 346 g/mol. The van der Waals surface area contributed by atoms with E-state index in [9.17, 15) is 9.59 Å². The van der Waals surface area contributed by atoms with Crippen molar-refractivity contribution in [2.45, 2.75) is 32.6 Å². The number of hydrogen-bond acceptors (Lipinski definition) is 2. The van der Waals surface area contributed by atoms with Gasteiger partial charge in [-0.25, -0.2) is 0 Å². The average molecular weight is 369 g/mol. The molecule has 3 heteroatoms. The molecule has 0 unspecified atom stereocenters. The molecule has 3 aromatic carbocycles. The van der Waals surface area contributed by atoms with Gasteiger partial charge in [0.1, 0.15) is 0 Å². The molecule has 0 heterocycles. The van der Waals surface area contributed by atoms with Crippen LogP contribution < -0.4 is 5.32 Å². The molecule has 28 heavy (non-hydrogen) atoms. The highest BCUT2D eigenvalue weighted by Gasteiger charge is 2.20. The molecule has 3 nitrogen and oxygen atoms in total. The van der Waals surface area contributed by atoms with Crippen LogP contribution in [-0.4, -0.2) is 11.7 Å². The Morgan fingerprint density at radius 1 is 0.786 bits per heavy atom. The SMILES string of the molecule is Cc1ccc(C(=O)c2cc3c(cc2NC(=O)c2ccccc2)CCCC3)cc1. The zero-order valence-corrected chi connectivity index (χ0v) is 16.0. The Balaban J connectivity index is 1.74. The zero-order valence-electron chi connectivity index (χ0n) is 16.0. The first-order valence-corrected chi connectivity index (χ1v) is 9.75. The van der Waals surface area contributed by atoms with Gasteiger partial charge in [-0.2, -0.15) is 0 Å². The fourth-order valence-corrected chi connectivity index (χ4v) is 3.72. The number of anilines is 1. The monoisotopic (exact) mass is 369 g/mol. The normalized spacial score (nSPS) is 12.9. The van der Waals surface area contributed by atoms with E-state index in [1.165, 1.54) is 11.1 Å². The first kappa shape index (κ1) is 18.2. The van der Waals surface area contributed by atoms with Crippen LogP contribution in [0.1, 0.15) is 55.8 Å². The number of rotatable bonds is 4. The van der Waals surface area contributed by atoms with Gasteiger partial charge in [-0.3, -0.25) is 9.59 Å². The van der Waals surface area contributed by atoms with E-state index in [0.29, 0.717) is 22.4 Å². The number of fused-ring (bicyclic) bond motifs is 1. The summed E-state index contributed by atoms with van der Waals surface area (Å²) in [6.07, 6.45) is 4.25. The molecule has 3 aromatic rings. The molecule has 4 rings (SSSR count). The van der Waals surface area contributed by atoms with Crippen molar-refractivity contribution in [3.05, 3.63) is 100 Å². The van der Waals surface area contributed by atoms with Crippen LogP contribution in [0, 0.1) is 6.92 Å². The van der Waals surface area contributed by atoms with Crippen molar-refractivity contribution in [3.63, 3.8) is 0 Å². The third-order valence-corrected chi connectivity index (χ3v) is 5.32. The van der Waals surface area contributed by atoms with Gasteiger partial charge >= 0.3 is 0 Å². The van der Waals surface area contributed by atoms with Gasteiger partial charge in [0.25, 0.3) is 5.91 Å². The summed E-state index contributed by atoms with van der Waals surface area (Å²) in [6.45, 7) is 2.00. The van der Waals surface area contributed by atoms with Crippen molar-refractivity contribution < 1.29 is 9.59 Å². The summed E-state index contributed by atoms with van der Waals surface area (Å²) >= 11 is 0. The van der Waals surface area contributed by atoms with Crippen LogP contribution in [0.2, 0.25) is 0 Å². The predicted molar refractivity (Wildman–Crippen MR) is 112 cm³/mol. The lowest BCUT2D eigenvalue weighted by Crippen LogP contribution is -2.17. The van der Waals surface area contributed by atoms with Gasteiger partial charge in [0.2, 0.25) is 0 Å². The van der Waals surface area contributed by atoms with Gasteiger partial charge < -0.3 is 5.32 Å². The molecule has 1 amide bonds. The number of carbonyl (C=O) groups is 2. The van der Waals surface area contributed by atoms with Gasteiger partial charge in [0.15, 0.2) is 5.78 Å². The summed E-state index contributed by atoms with van der Waals surface area (Å²) in [5, 5.41) is 2.98. The third kappa shape index (κ3) is 3.74. The van der Waals surface area contributed by atoms with E-state index >= 15 is 0 Å². The lowest BCUT2D eigenvalue weighted by Gasteiger charge is -2.20. The van der Waals surface area contributed by atoms with Crippen molar-refractivity contribution in [1.29, 1.82) is 0 Å². The Bertz CT molecular complexity index is 1020. The lowest BCUT2D eigenvalue weighted by molar-refractivity contribution is 0.102. The van der Waals surface area contributed by atoms with Gasteiger partial charge in [-0.05, 0) is 68.0 Å². The molecule has 0 aromatic heterocycles. The summed E-state index contributed by atoms with van der Waals surface area (Å²) in [7, 11) is 0. The van der Waals surface area contributed by atoms with Crippen LogP contribution in [0.3, 0.4) is 0 Å². The minimum Gasteiger partial charge on any atom is -0.321 e. The van der Waals surface area contributed by atoms with E-state index < -0.39 is 0 Å². The molecule has 0 radical (unpaired) electrons. The maximum atomic E-state index is 13.2. The highest BCUT2D eigenvalue weighted by atomic mass is 16.1. The Morgan fingerprint density at radius 3 is 2.11 bits per heavy atom. The second-order valence-electron chi connectivity index (χ2n) is 7.39. The highest BCUT2D eigenvalue weighted by Crippen LogP contribution is 2.30. The van der Waals surface area contributed by atoms with Crippen LogP contribution >= 0.6 is 0 Å². The molecule has 1 N–H and O–H groups in total. The summed E-state index contributed by atoms with van der Waals surface area (Å²) in [6, 6.07) is 20.6. The molecule has 1 aliphatic carbocycles. The van der Waals surface area contributed by atoms with E-state index in [4.69, 9.17) is 0 Å². The number of benzene rings is 3. The summed E-state index contributed by atoms with van der Waals surface area (Å²) in [5.41, 5.74) is 5.94. The van der Waals surface area contributed by atoms with Crippen molar-refractivity contribution in [3.8, 4) is 0 Å². The minimum absolute atomic E-state index is 0.0586. The second kappa shape index (κ2) is 7.81. The average Bonchev–Trinajstić information content (AvgIpc) is 2.74. The number of ketones is 1. The standard InChI is InChI=1S/C25H23NO2/c1-17-11-13-18(14-12-17)24(27)22-15-20-9-5-6-10-21(20)16-23(22)26-25(28)19-7-3-2-4-8-19/h2-4,7-8,11-16H,5-6,9-10H2,1H3,(H,26,28). The Kier molecular flexibility index (Phi) is 5.07. The number of aryl methyl sites for hydroxylation is 3. The Morgan fingerprint density at radius 2 is 1.43 bits per heavy atom. The molecule has 0 aliphatic heterocycles. The van der Waals surface area contributed by atoms with Gasteiger partial charge in [0.05, 0.1) is 5.69 Å². The molecule has 0 atom stereocenters. The van der Waals surface area contributed by atoms with E-state index in [2.05, 4.69) is 5.32 Å². The highest BCUT2D eigenvalue weighted by molar-refractivity contribution is 6.15. The zero-order chi connectivity index (χ0) is 19.5. The molecule has 0 spiro atoms. The molecule has 0 bridgehead atoms. The predicted octanol–water partition coefficient (Wildman–Crippen LogP) is 5.36.